The smallest absolute Gasteiger partial charge is 0.251 e. The highest BCUT2D eigenvalue weighted by atomic mass is 35.5. The summed E-state index contributed by atoms with van der Waals surface area (Å²) in [6.45, 7) is 8.40. The fourth-order valence-corrected chi connectivity index (χ4v) is 5.85. The summed E-state index contributed by atoms with van der Waals surface area (Å²) < 4.78 is 2.50. The molecule has 0 saturated carbocycles. The van der Waals surface area contributed by atoms with E-state index in [1.165, 1.54) is 31.4 Å². The number of fused-ring (bicyclic) bond motifs is 3. The van der Waals surface area contributed by atoms with Crippen LogP contribution in [0.25, 0.3) is 20.2 Å². The number of thiophene rings is 1. The van der Waals surface area contributed by atoms with Gasteiger partial charge in [-0.1, -0.05) is 36.4 Å². The summed E-state index contributed by atoms with van der Waals surface area (Å²) in [6.07, 6.45) is 2.12. The van der Waals surface area contributed by atoms with Gasteiger partial charge in [0.05, 0.1) is 0 Å². The van der Waals surface area contributed by atoms with E-state index in [4.69, 9.17) is 0 Å². The molecule has 0 aliphatic carbocycles. The summed E-state index contributed by atoms with van der Waals surface area (Å²) in [4.78, 5) is 17.7. The molecule has 0 bridgehead atoms. The van der Waals surface area contributed by atoms with Gasteiger partial charge in [-0.05, 0) is 62.2 Å². The molecule has 5 rings (SSSR count). The lowest BCUT2D eigenvalue weighted by molar-refractivity contribution is 0.0952. The summed E-state index contributed by atoms with van der Waals surface area (Å²) in [7, 11) is 0. The fraction of sp³-hybridized carbons (Fsp3) is 0.321. The normalized spacial score (nSPS) is 14.3. The topological polar surface area (TPSA) is 35.6 Å². The molecule has 0 radical (unpaired) electrons. The van der Waals surface area contributed by atoms with Crippen molar-refractivity contribution in [2.24, 2.45) is 0 Å². The Labute approximate surface area is 212 Å². The lowest BCUT2D eigenvalue weighted by atomic mass is 10.1. The molecule has 1 saturated heterocycles. The molecule has 4 aromatic rings. The lowest BCUT2D eigenvalue weighted by Gasteiger charge is -2.36. The Balaban J connectivity index is 0.00000274. The van der Waals surface area contributed by atoms with Crippen LogP contribution in [0.3, 0.4) is 0 Å². The van der Waals surface area contributed by atoms with Crippen molar-refractivity contribution in [3.8, 4) is 0 Å². The van der Waals surface area contributed by atoms with Crippen molar-refractivity contribution in [2.45, 2.75) is 19.8 Å². The SMILES string of the molecule is Cc1ccccc1N1CCN(CCCCNC(=O)c2ccc3sc4ccccc4c3c2)CC1.Cl. The average Bonchev–Trinajstić information content (AvgIpc) is 3.22. The van der Waals surface area contributed by atoms with Crippen molar-refractivity contribution < 1.29 is 4.79 Å². The molecule has 0 atom stereocenters. The average molecular weight is 494 g/mol. The molecule has 4 nitrogen and oxygen atoms in total. The van der Waals surface area contributed by atoms with Crippen LogP contribution in [0.2, 0.25) is 0 Å². The number of amides is 1. The molecular formula is C28H32ClN3OS. The number of nitrogens with zero attached hydrogens (tertiary/aromatic N) is 2. The van der Waals surface area contributed by atoms with Crippen LogP contribution >= 0.6 is 23.7 Å². The Morgan fingerprint density at radius 1 is 0.882 bits per heavy atom. The highest BCUT2D eigenvalue weighted by molar-refractivity contribution is 7.25. The third-order valence-corrected chi connectivity index (χ3v) is 7.81. The minimum atomic E-state index is 0. The standard InChI is InChI=1S/C28H31N3OS.ClH/c1-21-8-2-4-10-25(21)31-18-16-30(17-19-31)15-7-6-14-29-28(32)22-12-13-27-24(20-22)23-9-3-5-11-26(23)33-27;/h2-5,8-13,20H,6-7,14-19H2,1H3,(H,29,32);1H. The second-order valence-electron chi connectivity index (χ2n) is 8.89. The van der Waals surface area contributed by atoms with Gasteiger partial charge < -0.3 is 10.2 Å². The predicted molar refractivity (Wildman–Crippen MR) is 148 cm³/mol. The molecular weight excluding hydrogens is 462 g/mol. The third-order valence-electron chi connectivity index (χ3n) is 6.65. The number of hydrogen-bond acceptors (Lipinski definition) is 4. The summed E-state index contributed by atoms with van der Waals surface area (Å²) in [5.41, 5.74) is 3.47. The number of unbranched alkanes of at least 4 members (excludes halogenated alkanes) is 1. The van der Waals surface area contributed by atoms with Gasteiger partial charge in [-0.15, -0.1) is 23.7 Å². The molecule has 1 N–H and O–H groups in total. The number of halogens is 1. The van der Waals surface area contributed by atoms with Crippen LogP contribution in [0.15, 0.2) is 66.7 Å². The second-order valence-corrected chi connectivity index (χ2v) is 9.97. The zero-order valence-electron chi connectivity index (χ0n) is 19.6. The first-order valence-corrected chi connectivity index (χ1v) is 12.7. The number of piperazine rings is 1. The van der Waals surface area contributed by atoms with E-state index in [-0.39, 0.29) is 18.3 Å². The van der Waals surface area contributed by atoms with Crippen LogP contribution in [0.5, 0.6) is 0 Å². The van der Waals surface area contributed by atoms with Crippen molar-refractivity contribution in [1.82, 2.24) is 10.2 Å². The zero-order valence-corrected chi connectivity index (χ0v) is 21.3. The number of nitrogens with one attached hydrogen (secondary N) is 1. The van der Waals surface area contributed by atoms with Crippen LogP contribution in [0.1, 0.15) is 28.8 Å². The van der Waals surface area contributed by atoms with Gasteiger partial charge in [0, 0.05) is 64.1 Å². The lowest BCUT2D eigenvalue weighted by Crippen LogP contribution is -2.46. The molecule has 2 heterocycles. The van der Waals surface area contributed by atoms with Crippen LogP contribution < -0.4 is 10.2 Å². The largest absolute Gasteiger partial charge is 0.369 e. The van der Waals surface area contributed by atoms with Crippen LogP contribution in [0, 0.1) is 6.92 Å². The van der Waals surface area contributed by atoms with Gasteiger partial charge in [-0.2, -0.15) is 0 Å². The third kappa shape index (κ3) is 5.38. The maximum atomic E-state index is 12.7. The molecule has 0 spiro atoms. The Morgan fingerprint density at radius 2 is 1.62 bits per heavy atom. The van der Waals surface area contributed by atoms with E-state index in [1.807, 2.05) is 12.1 Å². The zero-order chi connectivity index (χ0) is 22.6. The van der Waals surface area contributed by atoms with Gasteiger partial charge in [-0.25, -0.2) is 0 Å². The number of hydrogen-bond donors (Lipinski definition) is 1. The van der Waals surface area contributed by atoms with E-state index in [0.717, 1.165) is 57.7 Å². The van der Waals surface area contributed by atoms with E-state index in [0.29, 0.717) is 0 Å². The van der Waals surface area contributed by atoms with E-state index in [9.17, 15) is 4.79 Å². The van der Waals surface area contributed by atoms with Gasteiger partial charge in [0.15, 0.2) is 0 Å². The molecule has 34 heavy (non-hydrogen) atoms. The maximum Gasteiger partial charge on any atom is 0.251 e. The van der Waals surface area contributed by atoms with Crippen molar-refractivity contribution in [3.63, 3.8) is 0 Å². The predicted octanol–water partition coefficient (Wildman–Crippen LogP) is 6.12. The Kier molecular flexibility index (Phi) is 8.09. The Bertz CT molecular complexity index is 1260. The molecule has 1 aromatic heterocycles. The van der Waals surface area contributed by atoms with Crippen LogP contribution in [-0.2, 0) is 0 Å². The minimum Gasteiger partial charge on any atom is -0.369 e. The number of rotatable bonds is 7. The summed E-state index contributed by atoms with van der Waals surface area (Å²) in [5, 5.41) is 5.52. The monoisotopic (exact) mass is 493 g/mol. The van der Waals surface area contributed by atoms with Crippen LogP contribution in [0.4, 0.5) is 5.69 Å². The molecule has 1 fully saturated rings. The van der Waals surface area contributed by atoms with Gasteiger partial charge in [0.2, 0.25) is 0 Å². The number of para-hydroxylation sites is 1. The Hall–Kier alpha value is -2.60. The van der Waals surface area contributed by atoms with Gasteiger partial charge in [0.1, 0.15) is 0 Å². The fourth-order valence-electron chi connectivity index (χ4n) is 4.76. The van der Waals surface area contributed by atoms with Gasteiger partial charge in [-0.3, -0.25) is 9.69 Å². The Morgan fingerprint density at radius 3 is 2.44 bits per heavy atom. The summed E-state index contributed by atoms with van der Waals surface area (Å²) in [6, 6.07) is 23.1. The molecule has 1 aliphatic rings. The number of carbonyl (C=O) groups is 1. The quantitative estimate of drug-likeness (QED) is 0.315. The molecule has 1 aliphatic heterocycles. The van der Waals surface area contributed by atoms with E-state index >= 15 is 0 Å². The summed E-state index contributed by atoms with van der Waals surface area (Å²) >= 11 is 1.78. The number of benzene rings is 3. The summed E-state index contributed by atoms with van der Waals surface area (Å²) in [5.74, 6) is 0.0269. The highest BCUT2D eigenvalue weighted by Crippen LogP contribution is 2.34. The first kappa shape index (κ1) is 24.5. The molecule has 6 heteroatoms. The second kappa shape index (κ2) is 11.2. The first-order chi connectivity index (χ1) is 16.2. The highest BCUT2D eigenvalue weighted by Gasteiger charge is 2.17. The molecule has 0 unspecified atom stereocenters. The van der Waals surface area contributed by atoms with E-state index in [2.05, 4.69) is 76.6 Å². The number of anilines is 1. The van der Waals surface area contributed by atoms with Crippen LogP contribution in [-0.4, -0.2) is 50.1 Å². The molecule has 3 aromatic carbocycles. The van der Waals surface area contributed by atoms with Crippen molar-refractivity contribution in [3.05, 3.63) is 77.9 Å². The number of carbonyl (C=O) groups excluding carboxylic acids is 1. The van der Waals surface area contributed by atoms with Crippen molar-refractivity contribution >= 4 is 55.5 Å². The van der Waals surface area contributed by atoms with Gasteiger partial charge in [0.25, 0.3) is 5.91 Å². The maximum absolute atomic E-state index is 12.7. The first-order valence-electron chi connectivity index (χ1n) is 11.9. The van der Waals surface area contributed by atoms with Crippen molar-refractivity contribution in [2.75, 3.05) is 44.2 Å². The molecule has 178 valence electrons. The van der Waals surface area contributed by atoms with Crippen molar-refractivity contribution in [1.29, 1.82) is 0 Å². The van der Waals surface area contributed by atoms with E-state index in [1.54, 1.807) is 11.3 Å². The van der Waals surface area contributed by atoms with Gasteiger partial charge >= 0.3 is 0 Å². The van der Waals surface area contributed by atoms with E-state index < -0.39 is 0 Å². The number of aryl methyl sites for hydroxylation is 1. The minimum absolute atomic E-state index is 0. The molecule has 1 amide bonds.